The monoisotopic (exact) mass is 198 g/mol. The van der Waals surface area contributed by atoms with Crippen molar-refractivity contribution in [2.45, 2.75) is 45.4 Å². The van der Waals surface area contributed by atoms with Gasteiger partial charge in [-0.05, 0) is 48.5 Å². The number of hydrogen-bond acceptors (Lipinski definition) is 1. The lowest BCUT2D eigenvalue weighted by molar-refractivity contribution is 0.160. The molecule has 0 aromatic carbocycles. The second-order valence-electron chi connectivity index (χ2n) is 5.07. The molecule has 13 heavy (non-hydrogen) atoms. The zero-order valence-corrected chi connectivity index (χ0v) is 9.83. The first-order chi connectivity index (χ1) is 6.29. The van der Waals surface area contributed by atoms with Crippen molar-refractivity contribution in [2.24, 2.45) is 17.3 Å². The Morgan fingerprint density at radius 1 is 1.23 bits per heavy atom. The summed E-state index contributed by atoms with van der Waals surface area (Å²) >= 11 is 2.06. The predicted molar refractivity (Wildman–Crippen MR) is 61.2 cm³/mol. The molecular weight excluding hydrogens is 176 g/mol. The zero-order chi connectivity index (χ0) is 9.31. The fourth-order valence-electron chi connectivity index (χ4n) is 3.87. The molecule has 0 heterocycles. The molecule has 0 aromatic rings. The van der Waals surface area contributed by atoms with Crippen LogP contribution in [0, 0.1) is 17.3 Å². The molecule has 2 aliphatic carbocycles. The lowest BCUT2D eigenvalue weighted by Gasteiger charge is -2.35. The van der Waals surface area contributed by atoms with Crippen LogP contribution in [0.15, 0.2) is 0 Å². The molecule has 3 unspecified atom stereocenters. The van der Waals surface area contributed by atoms with Crippen molar-refractivity contribution in [3.63, 3.8) is 0 Å². The largest absolute Gasteiger partial charge is 0.165 e. The quantitative estimate of drug-likeness (QED) is 0.647. The highest BCUT2D eigenvalue weighted by Crippen LogP contribution is 2.57. The summed E-state index contributed by atoms with van der Waals surface area (Å²) in [6.07, 6.45) is 11.4. The molecule has 2 aliphatic rings. The molecule has 0 aromatic heterocycles. The normalized spacial score (nSPS) is 44.8. The van der Waals surface area contributed by atoms with Crippen LogP contribution in [0.4, 0.5) is 0 Å². The first kappa shape index (κ1) is 9.89. The molecule has 76 valence electrons. The summed E-state index contributed by atoms with van der Waals surface area (Å²) in [6, 6.07) is 0. The maximum Gasteiger partial charge on any atom is -0.00365 e. The van der Waals surface area contributed by atoms with E-state index < -0.39 is 0 Å². The summed E-state index contributed by atoms with van der Waals surface area (Å²) in [5.41, 5.74) is 0.795. The van der Waals surface area contributed by atoms with E-state index in [0.29, 0.717) is 0 Å². The molecule has 0 bridgehead atoms. The first-order valence-corrected chi connectivity index (χ1v) is 7.18. The maximum absolute atomic E-state index is 2.51. The van der Waals surface area contributed by atoms with E-state index in [1.165, 1.54) is 31.4 Å². The topological polar surface area (TPSA) is 0 Å². The Bertz CT molecular complexity index is 174. The highest BCUT2D eigenvalue weighted by Gasteiger charge is 2.48. The molecule has 0 aliphatic heterocycles. The van der Waals surface area contributed by atoms with Crippen molar-refractivity contribution in [2.75, 3.05) is 12.0 Å². The lowest BCUT2D eigenvalue weighted by Crippen LogP contribution is -2.29. The smallest absolute Gasteiger partial charge is 0.00365 e. The zero-order valence-electron chi connectivity index (χ0n) is 9.01. The number of hydrogen-bond donors (Lipinski definition) is 0. The fourth-order valence-corrected chi connectivity index (χ4v) is 4.77. The Hall–Kier alpha value is 0.350. The molecule has 2 saturated carbocycles. The number of thioether (sulfide) groups is 1. The first-order valence-electron chi connectivity index (χ1n) is 5.78. The second-order valence-corrected chi connectivity index (χ2v) is 5.98. The molecule has 1 heteroatoms. The van der Waals surface area contributed by atoms with Crippen molar-refractivity contribution < 1.29 is 0 Å². The second kappa shape index (κ2) is 3.84. The van der Waals surface area contributed by atoms with Gasteiger partial charge < -0.3 is 0 Å². The van der Waals surface area contributed by atoms with E-state index in [1.54, 1.807) is 12.8 Å². The summed E-state index contributed by atoms with van der Waals surface area (Å²) in [5, 5.41) is 0. The van der Waals surface area contributed by atoms with Gasteiger partial charge in [-0.25, -0.2) is 0 Å². The predicted octanol–water partition coefficient (Wildman–Crippen LogP) is 3.96. The third kappa shape index (κ3) is 1.54. The van der Waals surface area contributed by atoms with E-state index in [2.05, 4.69) is 24.9 Å². The van der Waals surface area contributed by atoms with Crippen molar-refractivity contribution in [1.29, 1.82) is 0 Å². The van der Waals surface area contributed by atoms with Crippen molar-refractivity contribution >= 4 is 11.8 Å². The molecule has 1 spiro atoms. The minimum absolute atomic E-state index is 0.795. The molecule has 0 radical (unpaired) electrons. The van der Waals surface area contributed by atoms with Gasteiger partial charge in [-0.1, -0.05) is 26.2 Å². The summed E-state index contributed by atoms with van der Waals surface area (Å²) in [7, 11) is 0. The molecule has 0 saturated heterocycles. The molecule has 2 fully saturated rings. The van der Waals surface area contributed by atoms with Crippen molar-refractivity contribution in [1.82, 2.24) is 0 Å². The van der Waals surface area contributed by atoms with Gasteiger partial charge >= 0.3 is 0 Å². The molecule has 0 nitrogen and oxygen atoms in total. The third-order valence-electron chi connectivity index (χ3n) is 4.64. The fraction of sp³-hybridized carbons (Fsp3) is 1.00. The molecule has 2 rings (SSSR count). The van der Waals surface area contributed by atoms with E-state index in [9.17, 15) is 0 Å². The Labute approximate surface area is 86.9 Å². The number of rotatable bonds is 2. The summed E-state index contributed by atoms with van der Waals surface area (Å²) in [6.45, 7) is 2.51. The van der Waals surface area contributed by atoms with Gasteiger partial charge in [-0.15, -0.1) is 0 Å². The minimum Gasteiger partial charge on any atom is -0.165 e. The van der Waals surface area contributed by atoms with E-state index in [0.717, 1.165) is 17.3 Å². The van der Waals surface area contributed by atoms with Gasteiger partial charge in [0.15, 0.2) is 0 Å². The van der Waals surface area contributed by atoms with Crippen LogP contribution in [0.25, 0.3) is 0 Å². The Morgan fingerprint density at radius 3 is 2.46 bits per heavy atom. The molecular formula is C12H22S. The van der Waals surface area contributed by atoms with Gasteiger partial charge in [0, 0.05) is 0 Å². The van der Waals surface area contributed by atoms with Crippen LogP contribution in [0.3, 0.4) is 0 Å². The van der Waals surface area contributed by atoms with E-state index in [1.807, 2.05) is 0 Å². The highest BCUT2D eigenvalue weighted by atomic mass is 32.2. The molecule has 0 N–H and O–H groups in total. The Balaban J connectivity index is 2.10. The van der Waals surface area contributed by atoms with Gasteiger partial charge in [0.25, 0.3) is 0 Å². The van der Waals surface area contributed by atoms with E-state index >= 15 is 0 Å². The van der Waals surface area contributed by atoms with Gasteiger partial charge in [0.05, 0.1) is 0 Å². The van der Waals surface area contributed by atoms with Crippen molar-refractivity contribution in [3.8, 4) is 0 Å². The van der Waals surface area contributed by atoms with Gasteiger partial charge in [-0.2, -0.15) is 11.8 Å². The third-order valence-corrected chi connectivity index (χ3v) is 5.37. The van der Waals surface area contributed by atoms with Crippen LogP contribution in [0.2, 0.25) is 0 Å². The maximum atomic E-state index is 2.51. The molecule has 3 atom stereocenters. The van der Waals surface area contributed by atoms with Gasteiger partial charge in [-0.3, -0.25) is 0 Å². The van der Waals surface area contributed by atoms with Crippen LogP contribution in [-0.4, -0.2) is 12.0 Å². The van der Waals surface area contributed by atoms with E-state index in [4.69, 9.17) is 0 Å². The average molecular weight is 198 g/mol. The van der Waals surface area contributed by atoms with Crippen LogP contribution in [0.5, 0.6) is 0 Å². The SMILES string of the molecule is CSCC1CCCC12CCCC2C. The van der Waals surface area contributed by atoms with Crippen LogP contribution < -0.4 is 0 Å². The summed E-state index contributed by atoms with van der Waals surface area (Å²) in [5.74, 6) is 3.50. The standard InChI is InChI=1S/C12H22S/c1-10-5-3-7-12(10)8-4-6-11(12)9-13-2/h10-11H,3-9H2,1-2H3. The Morgan fingerprint density at radius 2 is 1.92 bits per heavy atom. The van der Waals surface area contributed by atoms with Crippen LogP contribution in [-0.2, 0) is 0 Å². The van der Waals surface area contributed by atoms with Gasteiger partial charge in [0.2, 0.25) is 0 Å². The Kier molecular flexibility index (Phi) is 2.92. The van der Waals surface area contributed by atoms with E-state index in [-0.39, 0.29) is 0 Å². The van der Waals surface area contributed by atoms with Crippen molar-refractivity contribution in [3.05, 3.63) is 0 Å². The average Bonchev–Trinajstić information content (AvgIpc) is 2.65. The van der Waals surface area contributed by atoms with Crippen LogP contribution in [0.1, 0.15) is 45.4 Å². The lowest BCUT2D eigenvalue weighted by atomic mass is 9.71. The molecule has 0 amide bonds. The van der Waals surface area contributed by atoms with Gasteiger partial charge in [0.1, 0.15) is 0 Å². The summed E-state index contributed by atoms with van der Waals surface area (Å²) in [4.78, 5) is 0. The minimum atomic E-state index is 0.795. The van der Waals surface area contributed by atoms with Crippen LogP contribution >= 0.6 is 11.8 Å². The highest BCUT2D eigenvalue weighted by molar-refractivity contribution is 7.98. The summed E-state index contributed by atoms with van der Waals surface area (Å²) < 4.78 is 0.